The van der Waals surface area contributed by atoms with E-state index in [1.165, 1.54) is 36.4 Å². The first-order valence-corrected chi connectivity index (χ1v) is 9.85. The third kappa shape index (κ3) is 3.73. The topological polar surface area (TPSA) is 77.5 Å². The number of hydrogen-bond acceptors (Lipinski definition) is 5. The Morgan fingerprint density at radius 3 is 2.14 bits per heavy atom. The molecule has 0 bridgehead atoms. The van der Waals surface area contributed by atoms with Crippen molar-refractivity contribution in [2.75, 3.05) is 6.26 Å². The zero-order chi connectivity index (χ0) is 16.5. The van der Waals surface area contributed by atoms with Crippen molar-refractivity contribution in [2.45, 2.75) is 9.79 Å². The van der Waals surface area contributed by atoms with E-state index in [1.807, 2.05) is 0 Å². The van der Waals surface area contributed by atoms with E-state index in [-0.39, 0.29) is 25.6 Å². The van der Waals surface area contributed by atoms with Crippen LogP contribution in [0.1, 0.15) is 0 Å². The summed E-state index contributed by atoms with van der Waals surface area (Å²) in [6.45, 7) is 0. The van der Waals surface area contributed by atoms with E-state index in [9.17, 15) is 16.8 Å². The van der Waals surface area contributed by atoms with Crippen molar-refractivity contribution < 1.29 is 21.0 Å². The van der Waals surface area contributed by atoms with Gasteiger partial charge in [-0.1, -0.05) is 35.3 Å². The second-order valence-corrected chi connectivity index (χ2v) is 8.68. The van der Waals surface area contributed by atoms with Crippen LogP contribution in [0.5, 0.6) is 5.75 Å². The van der Waals surface area contributed by atoms with Gasteiger partial charge >= 0.3 is 10.1 Å². The average molecular weight is 381 g/mol. The van der Waals surface area contributed by atoms with Crippen molar-refractivity contribution in [3.05, 3.63) is 52.5 Å². The molecule has 0 aliphatic heterocycles. The highest BCUT2D eigenvalue weighted by Gasteiger charge is 2.21. The van der Waals surface area contributed by atoms with Crippen molar-refractivity contribution in [3.8, 4) is 5.75 Å². The van der Waals surface area contributed by atoms with Crippen molar-refractivity contribution in [1.29, 1.82) is 0 Å². The normalized spacial score (nSPS) is 12.1. The number of sulfone groups is 1. The van der Waals surface area contributed by atoms with E-state index < -0.39 is 20.0 Å². The maximum Gasteiger partial charge on any atom is 0.339 e. The van der Waals surface area contributed by atoms with Gasteiger partial charge in [-0.2, -0.15) is 8.42 Å². The van der Waals surface area contributed by atoms with Crippen molar-refractivity contribution in [2.24, 2.45) is 0 Å². The van der Waals surface area contributed by atoms with Crippen LogP contribution in [0.4, 0.5) is 0 Å². The standard InChI is InChI=1S/C13H10Cl2O5S2/c1-21(16,17)9-4-2-5-10(8-9)22(18,19)20-12-7-3-6-11(14)13(12)15/h2-8H,1H3. The van der Waals surface area contributed by atoms with E-state index in [0.717, 1.165) is 12.3 Å². The maximum absolute atomic E-state index is 12.2. The molecule has 0 spiro atoms. The first-order valence-electron chi connectivity index (χ1n) is 5.80. The van der Waals surface area contributed by atoms with Crippen LogP contribution in [0.3, 0.4) is 0 Å². The lowest BCUT2D eigenvalue weighted by molar-refractivity contribution is 0.486. The third-order valence-corrected chi connectivity index (χ3v) is 5.78. The molecule has 2 aromatic carbocycles. The summed E-state index contributed by atoms with van der Waals surface area (Å²) in [4.78, 5) is -0.430. The smallest absolute Gasteiger partial charge is 0.339 e. The molecule has 0 amide bonds. The van der Waals surface area contributed by atoms with Gasteiger partial charge < -0.3 is 4.18 Å². The molecule has 22 heavy (non-hydrogen) atoms. The first-order chi connectivity index (χ1) is 10.1. The van der Waals surface area contributed by atoms with Crippen LogP contribution in [0.15, 0.2) is 52.3 Å². The molecule has 9 heteroatoms. The number of rotatable bonds is 4. The second kappa shape index (κ2) is 6.08. The van der Waals surface area contributed by atoms with Gasteiger partial charge in [0.05, 0.1) is 9.92 Å². The molecule has 0 aliphatic rings. The van der Waals surface area contributed by atoms with Gasteiger partial charge in [-0.3, -0.25) is 0 Å². The van der Waals surface area contributed by atoms with Crippen molar-refractivity contribution in [3.63, 3.8) is 0 Å². The molecule has 118 valence electrons. The molecular weight excluding hydrogens is 371 g/mol. The van der Waals surface area contributed by atoms with Gasteiger partial charge in [0.1, 0.15) is 9.92 Å². The third-order valence-electron chi connectivity index (χ3n) is 2.64. The molecule has 0 heterocycles. The Kier molecular flexibility index (Phi) is 4.72. The quantitative estimate of drug-likeness (QED) is 0.761. The fourth-order valence-corrected chi connectivity index (χ4v) is 3.68. The van der Waals surface area contributed by atoms with Gasteiger partial charge in [-0.15, -0.1) is 0 Å². The number of benzene rings is 2. The molecule has 2 rings (SSSR count). The van der Waals surface area contributed by atoms with E-state index in [2.05, 4.69) is 0 Å². The predicted molar refractivity (Wildman–Crippen MR) is 83.8 cm³/mol. The number of hydrogen-bond donors (Lipinski definition) is 0. The lowest BCUT2D eigenvalue weighted by Gasteiger charge is -2.09. The van der Waals surface area contributed by atoms with Crippen LogP contribution in [-0.2, 0) is 20.0 Å². The summed E-state index contributed by atoms with van der Waals surface area (Å²) in [7, 11) is -7.78. The van der Waals surface area contributed by atoms with E-state index in [4.69, 9.17) is 27.4 Å². The fraction of sp³-hybridized carbons (Fsp3) is 0.0769. The minimum Gasteiger partial charge on any atom is -0.377 e. The summed E-state index contributed by atoms with van der Waals surface area (Å²) in [5.41, 5.74) is 0. The minimum atomic E-state index is -4.24. The molecule has 0 saturated carbocycles. The zero-order valence-corrected chi connectivity index (χ0v) is 14.3. The van der Waals surface area contributed by atoms with Gasteiger partial charge in [-0.05, 0) is 30.3 Å². The first kappa shape index (κ1) is 17.1. The maximum atomic E-state index is 12.2. The monoisotopic (exact) mass is 380 g/mol. The summed E-state index contributed by atoms with van der Waals surface area (Å²) >= 11 is 11.7. The Bertz CT molecular complexity index is 921. The Balaban J connectivity index is 2.46. The Hall–Kier alpha value is -1.28. The molecule has 0 saturated heterocycles. The van der Waals surface area contributed by atoms with E-state index >= 15 is 0 Å². The summed E-state index contributed by atoms with van der Waals surface area (Å²) in [5.74, 6) is -0.140. The van der Waals surface area contributed by atoms with E-state index in [0.29, 0.717) is 0 Å². The molecule has 0 unspecified atom stereocenters. The molecule has 0 radical (unpaired) electrons. The predicted octanol–water partition coefficient (Wildman–Crippen LogP) is 3.16. The van der Waals surface area contributed by atoms with Crippen molar-refractivity contribution >= 4 is 43.2 Å². The van der Waals surface area contributed by atoms with Gasteiger partial charge in [0.25, 0.3) is 0 Å². The lowest BCUT2D eigenvalue weighted by atomic mass is 10.3. The fourth-order valence-electron chi connectivity index (χ4n) is 1.58. The average Bonchev–Trinajstić information content (AvgIpc) is 2.43. The molecule has 0 atom stereocenters. The molecule has 0 N–H and O–H groups in total. The van der Waals surface area contributed by atoms with Gasteiger partial charge in [0.2, 0.25) is 0 Å². The highest BCUT2D eigenvalue weighted by Crippen LogP contribution is 2.33. The molecular formula is C13H10Cl2O5S2. The van der Waals surface area contributed by atoms with Gasteiger partial charge in [0, 0.05) is 6.26 Å². The van der Waals surface area contributed by atoms with Crippen LogP contribution in [0.25, 0.3) is 0 Å². The van der Waals surface area contributed by atoms with Crippen LogP contribution in [0.2, 0.25) is 10.0 Å². The minimum absolute atomic E-state index is 0.0491. The summed E-state index contributed by atoms with van der Waals surface area (Å²) < 4.78 is 52.4. The zero-order valence-electron chi connectivity index (χ0n) is 11.2. The summed E-state index contributed by atoms with van der Waals surface area (Å²) in [5, 5.41) is 0.0891. The van der Waals surface area contributed by atoms with Gasteiger partial charge in [-0.25, -0.2) is 8.42 Å². The van der Waals surface area contributed by atoms with Crippen LogP contribution in [0, 0.1) is 0 Å². The van der Waals surface area contributed by atoms with Crippen LogP contribution >= 0.6 is 23.2 Å². The Morgan fingerprint density at radius 2 is 1.50 bits per heavy atom. The molecule has 2 aromatic rings. The molecule has 0 aromatic heterocycles. The van der Waals surface area contributed by atoms with E-state index in [1.54, 1.807) is 0 Å². The molecule has 5 nitrogen and oxygen atoms in total. The molecule has 0 fully saturated rings. The highest BCUT2D eigenvalue weighted by molar-refractivity contribution is 7.90. The Labute approximate surface area is 138 Å². The molecule has 0 aliphatic carbocycles. The van der Waals surface area contributed by atoms with Gasteiger partial charge in [0.15, 0.2) is 15.6 Å². The largest absolute Gasteiger partial charge is 0.377 e. The lowest BCUT2D eigenvalue weighted by Crippen LogP contribution is -2.11. The second-order valence-electron chi connectivity index (χ2n) is 4.34. The van der Waals surface area contributed by atoms with Crippen LogP contribution < -0.4 is 4.18 Å². The van der Waals surface area contributed by atoms with Crippen LogP contribution in [-0.4, -0.2) is 23.1 Å². The number of halogens is 2. The SMILES string of the molecule is CS(=O)(=O)c1cccc(S(=O)(=O)Oc2cccc(Cl)c2Cl)c1. The highest BCUT2D eigenvalue weighted by atomic mass is 35.5. The summed E-state index contributed by atoms with van der Waals surface area (Å²) in [6, 6.07) is 9.14. The Morgan fingerprint density at radius 1 is 0.909 bits per heavy atom. The summed E-state index contributed by atoms with van der Waals surface area (Å²) in [6.07, 6.45) is 0.980. The van der Waals surface area contributed by atoms with Crippen molar-refractivity contribution in [1.82, 2.24) is 0 Å².